The van der Waals surface area contributed by atoms with Crippen LogP contribution in [0.3, 0.4) is 0 Å². The summed E-state index contributed by atoms with van der Waals surface area (Å²) in [5.41, 5.74) is 0. The molecule has 3 N–H and O–H groups in total. The number of unbranched alkanes of at least 4 members (excludes halogenated alkanes) is 24. The van der Waals surface area contributed by atoms with Crippen LogP contribution in [0, 0.1) is 17.8 Å². The third-order valence-corrected chi connectivity index (χ3v) is 16.3. The summed E-state index contributed by atoms with van der Waals surface area (Å²) in [5, 5.41) is 10.5. The van der Waals surface area contributed by atoms with Gasteiger partial charge in [0.2, 0.25) is 0 Å². The topological polar surface area (TPSA) is 237 Å². The molecule has 0 aliphatic heterocycles. The molecule has 19 heteroatoms. The fourth-order valence-corrected chi connectivity index (χ4v) is 10.3. The second-order valence-corrected chi connectivity index (χ2v) is 25.6. The monoisotopic (exact) mass is 1170 g/mol. The Morgan fingerprint density at radius 2 is 0.646 bits per heavy atom. The van der Waals surface area contributed by atoms with E-state index in [-0.39, 0.29) is 25.7 Å². The summed E-state index contributed by atoms with van der Waals surface area (Å²) in [7, 11) is -9.87. The first kappa shape index (κ1) is 77.1. The number of esters is 4. The number of carbonyl (C=O) groups is 4. The molecule has 0 fully saturated rings. The van der Waals surface area contributed by atoms with E-state index >= 15 is 0 Å². The number of phosphoric ester groups is 2. The predicted octanol–water partition coefficient (Wildman–Crippen LogP) is 15.9. The standard InChI is InChI=1S/C60H116O17P2/c1-8-11-12-24-34-41-57(62)70-47-55(76-60(65)44-37-30-23-17-18-25-31-38-51(4)5)49-74-78(66,67)72-45-54(61)46-73-79(68,69)75-50-56(77-59(64)43-36-29-22-16-14-20-27-33-40-53(7)10-3)48-71-58(63)42-35-28-21-15-13-19-26-32-39-52(6)9-2/h51-56,61H,8-50H2,1-7H3,(H,66,67)(H,68,69)/t52?,53?,54-,55+,56+/m0/s1. The molecule has 468 valence electrons. The highest BCUT2D eigenvalue weighted by atomic mass is 31.2. The van der Waals surface area contributed by atoms with Crippen molar-refractivity contribution in [2.24, 2.45) is 17.8 Å². The third kappa shape index (κ3) is 52.6. The summed E-state index contributed by atoms with van der Waals surface area (Å²) >= 11 is 0. The summed E-state index contributed by atoms with van der Waals surface area (Å²) in [6.45, 7) is 11.6. The average molecular weight is 1170 g/mol. The molecule has 7 atom stereocenters. The molecular formula is C60H116O17P2. The van der Waals surface area contributed by atoms with E-state index in [2.05, 4.69) is 48.5 Å². The van der Waals surface area contributed by atoms with Crippen molar-refractivity contribution in [3.05, 3.63) is 0 Å². The highest BCUT2D eigenvalue weighted by molar-refractivity contribution is 7.47. The Kier molecular flexibility index (Phi) is 50.4. The summed E-state index contributed by atoms with van der Waals surface area (Å²) in [4.78, 5) is 71.8. The van der Waals surface area contributed by atoms with Gasteiger partial charge in [-0.2, -0.15) is 0 Å². The number of phosphoric acid groups is 2. The van der Waals surface area contributed by atoms with Crippen LogP contribution in [-0.4, -0.2) is 96.7 Å². The number of ether oxygens (including phenoxy) is 4. The van der Waals surface area contributed by atoms with Gasteiger partial charge in [-0.3, -0.25) is 37.3 Å². The Morgan fingerprint density at radius 3 is 0.962 bits per heavy atom. The van der Waals surface area contributed by atoms with Crippen LogP contribution in [0.2, 0.25) is 0 Å². The van der Waals surface area contributed by atoms with Crippen LogP contribution < -0.4 is 0 Å². The lowest BCUT2D eigenvalue weighted by molar-refractivity contribution is -0.161. The van der Waals surface area contributed by atoms with Crippen molar-refractivity contribution in [1.82, 2.24) is 0 Å². The molecule has 0 rings (SSSR count). The third-order valence-electron chi connectivity index (χ3n) is 14.4. The SMILES string of the molecule is CCCCCCCC(=O)OC[C@H](COP(=O)(O)OC[C@H](O)COP(=O)(O)OC[C@@H](COC(=O)CCCCCCCCCCC(C)CC)OC(=O)CCCCCCCCCCC(C)CC)OC(=O)CCCCCCCCCC(C)C. The molecule has 4 unspecified atom stereocenters. The summed E-state index contributed by atoms with van der Waals surface area (Å²) < 4.78 is 67.6. The van der Waals surface area contributed by atoms with Crippen molar-refractivity contribution in [3.8, 4) is 0 Å². The molecule has 0 bridgehead atoms. The van der Waals surface area contributed by atoms with Crippen LogP contribution in [0.4, 0.5) is 0 Å². The minimum atomic E-state index is -4.94. The number of rotatable bonds is 58. The maximum Gasteiger partial charge on any atom is 0.472 e. The smallest absolute Gasteiger partial charge is 0.462 e. The zero-order valence-electron chi connectivity index (χ0n) is 50.8. The van der Waals surface area contributed by atoms with Gasteiger partial charge in [-0.1, -0.05) is 235 Å². The van der Waals surface area contributed by atoms with Crippen molar-refractivity contribution >= 4 is 39.5 Å². The van der Waals surface area contributed by atoms with Crippen LogP contribution in [-0.2, 0) is 65.4 Å². The molecule has 0 radical (unpaired) electrons. The number of hydrogen-bond donors (Lipinski definition) is 3. The lowest BCUT2D eigenvalue weighted by atomic mass is 9.99. The Hall–Kier alpha value is -1.94. The highest BCUT2D eigenvalue weighted by Gasteiger charge is 2.30. The van der Waals surface area contributed by atoms with Crippen LogP contribution >= 0.6 is 15.6 Å². The van der Waals surface area contributed by atoms with E-state index in [1.165, 1.54) is 89.9 Å². The van der Waals surface area contributed by atoms with Crippen molar-refractivity contribution in [3.63, 3.8) is 0 Å². The van der Waals surface area contributed by atoms with Gasteiger partial charge in [0.15, 0.2) is 12.2 Å². The summed E-state index contributed by atoms with van der Waals surface area (Å²) in [6.07, 6.45) is 31.1. The zero-order valence-corrected chi connectivity index (χ0v) is 52.6. The number of aliphatic hydroxyl groups excluding tert-OH is 1. The first-order chi connectivity index (χ1) is 37.8. The quantitative estimate of drug-likeness (QED) is 0.0222. The molecule has 0 spiro atoms. The van der Waals surface area contributed by atoms with E-state index in [9.17, 15) is 43.2 Å². The van der Waals surface area contributed by atoms with E-state index in [1.807, 2.05) is 0 Å². The Morgan fingerprint density at radius 1 is 0.367 bits per heavy atom. The number of carbonyl (C=O) groups excluding carboxylic acids is 4. The fourth-order valence-electron chi connectivity index (χ4n) is 8.71. The van der Waals surface area contributed by atoms with Gasteiger partial charge in [-0.15, -0.1) is 0 Å². The molecule has 0 heterocycles. The van der Waals surface area contributed by atoms with Crippen molar-refractivity contribution in [2.75, 3.05) is 39.6 Å². The van der Waals surface area contributed by atoms with E-state index in [4.69, 9.17) is 37.0 Å². The first-order valence-corrected chi connectivity index (χ1v) is 34.4. The van der Waals surface area contributed by atoms with Gasteiger partial charge in [0.1, 0.15) is 19.3 Å². The molecular weight excluding hydrogens is 1050 g/mol. The lowest BCUT2D eigenvalue weighted by Crippen LogP contribution is -2.30. The zero-order chi connectivity index (χ0) is 58.8. The fraction of sp³-hybridized carbons (Fsp3) is 0.933. The van der Waals surface area contributed by atoms with Gasteiger partial charge in [-0.25, -0.2) is 9.13 Å². The summed E-state index contributed by atoms with van der Waals surface area (Å²) in [5.74, 6) is 0.0881. The van der Waals surface area contributed by atoms with Gasteiger partial charge >= 0.3 is 39.5 Å². The molecule has 0 aromatic carbocycles. The second-order valence-electron chi connectivity index (χ2n) is 22.7. The second kappa shape index (κ2) is 51.7. The molecule has 79 heavy (non-hydrogen) atoms. The minimum Gasteiger partial charge on any atom is -0.462 e. The minimum absolute atomic E-state index is 0.102. The first-order valence-electron chi connectivity index (χ1n) is 31.4. The van der Waals surface area contributed by atoms with Crippen LogP contribution in [0.1, 0.15) is 286 Å². The molecule has 0 aliphatic carbocycles. The normalized spacial score (nSPS) is 15.2. The molecule has 0 aromatic rings. The van der Waals surface area contributed by atoms with Gasteiger partial charge in [0.25, 0.3) is 0 Å². The van der Waals surface area contributed by atoms with Gasteiger partial charge in [-0.05, 0) is 43.4 Å². The number of hydrogen-bond acceptors (Lipinski definition) is 15. The molecule has 0 aromatic heterocycles. The maximum absolute atomic E-state index is 12.9. The largest absolute Gasteiger partial charge is 0.472 e. The summed E-state index contributed by atoms with van der Waals surface area (Å²) in [6, 6.07) is 0. The molecule has 0 aliphatic rings. The Labute approximate surface area is 479 Å². The van der Waals surface area contributed by atoms with Crippen LogP contribution in [0.15, 0.2) is 0 Å². The van der Waals surface area contributed by atoms with Crippen molar-refractivity contribution in [1.29, 1.82) is 0 Å². The molecule has 0 amide bonds. The van der Waals surface area contributed by atoms with Crippen molar-refractivity contribution < 1.29 is 80.2 Å². The molecule has 0 saturated carbocycles. The Balaban J connectivity index is 5.21. The maximum atomic E-state index is 12.9. The van der Waals surface area contributed by atoms with Gasteiger partial charge in [0.05, 0.1) is 26.4 Å². The van der Waals surface area contributed by atoms with Crippen molar-refractivity contribution in [2.45, 2.75) is 304 Å². The molecule has 0 saturated heterocycles. The van der Waals surface area contributed by atoms with Gasteiger partial charge < -0.3 is 33.8 Å². The number of aliphatic hydroxyl groups is 1. The van der Waals surface area contributed by atoms with Crippen LogP contribution in [0.5, 0.6) is 0 Å². The van der Waals surface area contributed by atoms with E-state index < -0.39 is 97.5 Å². The average Bonchev–Trinajstić information content (AvgIpc) is 3.41. The van der Waals surface area contributed by atoms with E-state index in [1.54, 1.807) is 0 Å². The molecule has 17 nitrogen and oxygen atoms in total. The van der Waals surface area contributed by atoms with E-state index in [0.29, 0.717) is 31.6 Å². The lowest BCUT2D eigenvalue weighted by Gasteiger charge is -2.21. The van der Waals surface area contributed by atoms with E-state index in [0.717, 1.165) is 108 Å². The highest BCUT2D eigenvalue weighted by Crippen LogP contribution is 2.45. The van der Waals surface area contributed by atoms with Crippen LogP contribution in [0.25, 0.3) is 0 Å². The Bertz CT molecular complexity index is 1580. The predicted molar refractivity (Wildman–Crippen MR) is 312 cm³/mol. The van der Waals surface area contributed by atoms with Gasteiger partial charge in [0, 0.05) is 25.7 Å².